The molecule has 4 nitrogen and oxygen atoms in total. The minimum absolute atomic E-state index is 0.322. The van der Waals surface area contributed by atoms with Gasteiger partial charge >= 0.3 is 5.76 Å². The summed E-state index contributed by atoms with van der Waals surface area (Å²) in [5, 5.41) is 0. The summed E-state index contributed by atoms with van der Waals surface area (Å²) in [6, 6.07) is 5.67. The highest BCUT2D eigenvalue weighted by Crippen LogP contribution is 2.16. The fourth-order valence-electron chi connectivity index (χ4n) is 1.55. The van der Waals surface area contributed by atoms with Gasteiger partial charge in [-0.2, -0.15) is 0 Å². The Bertz CT molecular complexity index is 544. The third-order valence-electron chi connectivity index (χ3n) is 2.29. The highest BCUT2D eigenvalue weighted by molar-refractivity contribution is 14.1. The summed E-state index contributed by atoms with van der Waals surface area (Å²) in [7, 11) is 0. The number of oxazole rings is 1. The number of hydrogen-bond acceptors (Lipinski definition) is 3. The van der Waals surface area contributed by atoms with E-state index in [1.165, 1.54) is 0 Å². The van der Waals surface area contributed by atoms with E-state index in [0.717, 1.165) is 9.09 Å². The largest absolute Gasteiger partial charge is 0.420 e. The van der Waals surface area contributed by atoms with Crippen LogP contribution < -0.4 is 5.76 Å². The summed E-state index contributed by atoms with van der Waals surface area (Å²) in [6.45, 7) is 3.64. The molecule has 0 saturated carbocycles. The lowest BCUT2D eigenvalue weighted by Gasteiger charge is -2.02. The van der Waals surface area contributed by atoms with Gasteiger partial charge in [-0.3, -0.25) is 4.57 Å². The molecule has 1 aromatic heterocycles. The number of aromatic nitrogens is 1. The predicted octanol–water partition coefficient (Wildman–Crippen LogP) is 2.24. The zero-order valence-corrected chi connectivity index (χ0v) is 11.1. The van der Waals surface area contributed by atoms with Crippen molar-refractivity contribution in [3.8, 4) is 0 Å². The monoisotopic (exact) mass is 333 g/mol. The molecule has 5 heteroatoms. The van der Waals surface area contributed by atoms with Crippen molar-refractivity contribution in [2.45, 2.75) is 13.5 Å². The van der Waals surface area contributed by atoms with Crippen LogP contribution in [-0.4, -0.2) is 17.8 Å². The van der Waals surface area contributed by atoms with Gasteiger partial charge in [-0.15, -0.1) is 0 Å². The summed E-state index contributed by atoms with van der Waals surface area (Å²) in [5.74, 6) is -0.322. The average molecular weight is 333 g/mol. The summed E-state index contributed by atoms with van der Waals surface area (Å²) in [4.78, 5) is 11.6. The van der Waals surface area contributed by atoms with E-state index in [9.17, 15) is 4.79 Å². The Morgan fingerprint density at radius 3 is 3.06 bits per heavy atom. The maximum atomic E-state index is 11.6. The van der Waals surface area contributed by atoms with Gasteiger partial charge in [-0.25, -0.2) is 4.79 Å². The minimum Gasteiger partial charge on any atom is -0.408 e. The molecular weight excluding hydrogens is 321 g/mol. The predicted molar refractivity (Wildman–Crippen MR) is 69.7 cm³/mol. The summed E-state index contributed by atoms with van der Waals surface area (Å²) >= 11 is 2.21. The van der Waals surface area contributed by atoms with Crippen molar-refractivity contribution < 1.29 is 9.15 Å². The molecule has 0 atom stereocenters. The van der Waals surface area contributed by atoms with Gasteiger partial charge in [0.2, 0.25) is 0 Å². The molecule has 0 saturated heterocycles. The van der Waals surface area contributed by atoms with Crippen molar-refractivity contribution in [2.24, 2.45) is 0 Å². The van der Waals surface area contributed by atoms with E-state index in [0.29, 0.717) is 25.3 Å². The lowest BCUT2D eigenvalue weighted by molar-refractivity contribution is 0.138. The average Bonchev–Trinajstić information content (AvgIpc) is 2.56. The van der Waals surface area contributed by atoms with E-state index in [1.807, 2.05) is 25.1 Å². The van der Waals surface area contributed by atoms with Crippen LogP contribution in [0, 0.1) is 3.57 Å². The summed E-state index contributed by atoms with van der Waals surface area (Å²) < 4.78 is 13.1. The fourth-order valence-corrected chi connectivity index (χ4v) is 2.02. The van der Waals surface area contributed by atoms with Crippen LogP contribution in [0.3, 0.4) is 0 Å². The number of ether oxygens (including phenoxy) is 1. The topological polar surface area (TPSA) is 44.4 Å². The van der Waals surface area contributed by atoms with E-state index in [-0.39, 0.29) is 5.76 Å². The number of benzene rings is 1. The number of hydrogen-bond donors (Lipinski definition) is 0. The lowest BCUT2D eigenvalue weighted by Crippen LogP contribution is -2.17. The Hall–Kier alpha value is -0.820. The van der Waals surface area contributed by atoms with Gasteiger partial charge in [0, 0.05) is 10.2 Å². The van der Waals surface area contributed by atoms with Gasteiger partial charge < -0.3 is 9.15 Å². The number of halogens is 1. The highest BCUT2D eigenvalue weighted by atomic mass is 127. The molecule has 1 heterocycles. The molecule has 0 amide bonds. The normalized spacial score (nSPS) is 11.1. The van der Waals surface area contributed by atoms with Crippen molar-refractivity contribution in [3.63, 3.8) is 0 Å². The molecule has 2 rings (SSSR count). The molecule has 1 aromatic carbocycles. The standard InChI is InChI=1S/C11H12INO3/c1-2-15-6-5-13-9-7-8(12)3-4-10(9)16-11(13)14/h3-4,7H,2,5-6H2,1H3. The molecule has 0 N–H and O–H groups in total. The molecule has 0 aliphatic heterocycles. The first-order valence-corrected chi connectivity index (χ1v) is 6.17. The van der Waals surface area contributed by atoms with Crippen LogP contribution in [0.25, 0.3) is 11.1 Å². The van der Waals surface area contributed by atoms with E-state index < -0.39 is 0 Å². The van der Waals surface area contributed by atoms with Gasteiger partial charge in [0.1, 0.15) is 0 Å². The van der Waals surface area contributed by atoms with Crippen molar-refractivity contribution >= 4 is 33.7 Å². The molecule has 2 aromatic rings. The zero-order valence-electron chi connectivity index (χ0n) is 8.90. The summed E-state index contributed by atoms with van der Waals surface area (Å²) in [5.41, 5.74) is 1.46. The van der Waals surface area contributed by atoms with Crippen molar-refractivity contribution in [3.05, 3.63) is 32.3 Å². The van der Waals surface area contributed by atoms with Gasteiger partial charge in [0.05, 0.1) is 18.7 Å². The molecule has 16 heavy (non-hydrogen) atoms. The van der Waals surface area contributed by atoms with Crippen LogP contribution in [0.15, 0.2) is 27.4 Å². The molecule has 0 aliphatic rings. The first kappa shape index (κ1) is 11.7. The SMILES string of the molecule is CCOCCn1c(=O)oc2ccc(I)cc21. The van der Waals surface area contributed by atoms with Crippen LogP contribution in [0.2, 0.25) is 0 Å². The maximum absolute atomic E-state index is 11.6. The minimum atomic E-state index is -0.322. The molecule has 0 spiro atoms. The summed E-state index contributed by atoms with van der Waals surface area (Å²) in [6.07, 6.45) is 0. The van der Waals surface area contributed by atoms with Crippen molar-refractivity contribution in [1.82, 2.24) is 4.57 Å². The second kappa shape index (κ2) is 5.01. The molecule has 0 unspecified atom stereocenters. The van der Waals surface area contributed by atoms with Crippen LogP contribution in [-0.2, 0) is 11.3 Å². The van der Waals surface area contributed by atoms with Gasteiger partial charge in [-0.1, -0.05) is 0 Å². The second-order valence-electron chi connectivity index (χ2n) is 3.33. The molecule has 0 aliphatic carbocycles. The van der Waals surface area contributed by atoms with E-state index in [1.54, 1.807) is 4.57 Å². The van der Waals surface area contributed by atoms with Gasteiger partial charge in [0.15, 0.2) is 5.58 Å². The van der Waals surface area contributed by atoms with Crippen molar-refractivity contribution in [1.29, 1.82) is 0 Å². The van der Waals surface area contributed by atoms with E-state index in [4.69, 9.17) is 9.15 Å². The Morgan fingerprint density at radius 2 is 2.31 bits per heavy atom. The maximum Gasteiger partial charge on any atom is 0.420 e. The van der Waals surface area contributed by atoms with Gasteiger partial charge in [0.25, 0.3) is 0 Å². The molecule has 0 radical (unpaired) electrons. The van der Waals surface area contributed by atoms with Crippen molar-refractivity contribution in [2.75, 3.05) is 13.2 Å². The lowest BCUT2D eigenvalue weighted by atomic mass is 10.3. The Labute approximate surface area is 106 Å². The molecular formula is C11H12INO3. The molecule has 86 valence electrons. The van der Waals surface area contributed by atoms with Crippen LogP contribution in [0.1, 0.15) is 6.92 Å². The van der Waals surface area contributed by atoms with Crippen LogP contribution in [0.4, 0.5) is 0 Å². The molecule has 0 bridgehead atoms. The Balaban J connectivity index is 2.38. The van der Waals surface area contributed by atoms with Crippen LogP contribution in [0.5, 0.6) is 0 Å². The first-order valence-electron chi connectivity index (χ1n) is 5.09. The highest BCUT2D eigenvalue weighted by Gasteiger charge is 2.08. The quantitative estimate of drug-likeness (QED) is 0.637. The number of fused-ring (bicyclic) bond motifs is 1. The van der Waals surface area contributed by atoms with Crippen LogP contribution >= 0.6 is 22.6 Å². The van der Waals surface area contributed by atoms with Gasteiger partial charge in [-0.05, 0) is 47.7 Å². The third kappa shape index (κ3) is 2.30. The number of rotatable bonds is 4. The fraction of sp³-hybridized carbons (Fsp3) is 0.364. The Morgan fingerprint density at radius 1 is 1.50 bits per heavy atom. The molecule has 0 fully saturated rings. The first-order chi connectivity index (χ1) is 7.72. The Kier molecular flexibility index (Phi) is 3.65. The smallest absolute Gasteiger partial charge is 0.408 e. The van der Waals surface area contributed by atoms with E-state index in [2.05, 4.69) is 22.6 Å². The number of nitrogens with zero attached hydrogens (tertiary/aromatic N) is 1. The van der Waals surface area contributed by atoms with E-state index >= 15 is 0 Å². The zero-order chi connectivity index (χ0) is 11.5. The third-order valence-corrected chi connectivity index (χ3v) is 2.96. The second-order valence-corrected chi connectivity index (χ2v) is 4.57.